The summed E-state index contributed by atoms with van der Waals surface area (Å²) in [5.41, 5.74) is 3.58. The molecule has 1 saturated heterocycles. The zero-order valence-corrected chi connectivity index (χ0v) is 23.5. The number of nitrogens with one attached hydrogen (secondary N) is 2. The van der Waals surface area contributed by atoms with E-state index in [1.165, 1.54) is 10.4 Å². The van der Waals surface area contributed by atoms with Gasteiger partial charge in [-0.05, 0) is 99.6 Å². The maximum atomic E-state index is 13.1. The Balaban J connectivity index is 1.37. The third kappa shape index (κ3) is 6.74. The Morgan fingerprint density at radius 3 is 2.33 bits per heavy atom. The van der Waals surface area contributed by atoms with Crippen LogP contribution in [0.15, 0.2) is 22.5 Å². The molecule has 0 bridgehead atoms. The molecule has 220 valence electrons. The number of alkyl halides is 3. The van der Waals surface area contributed by atoms with E-state index < -0.39 is 34.1 Å². The highest BCUT2D eigenvalue weighted by Crippen LogP contribution is 2.38. The Hall–Kier alpha value is -2.77. The van der Waals surface area contributed by atoms with E-state index in [2.05, 4.69) is 10.7 Å². The van der Waals surface area contributed by atoms with Crippen LogP contribution < -0.4 is 16.6 Å². The number of nitrogens with two attached hydrogens (primary N) is 1. The van der Waals surface area contributed by atoms with Crippen LogP contribution in [0.1, 0.15) is 78.4 Å². The van der Waals surface area contributed by atoms with E-state index in [1.807, 2.05) is 0 Å². The topological polar surface area (TPSA) is 134 Å². The van der Waals surface area contributed by atoms with Crippen LogP contribution in [0.2, 0.25) is 0 Å². The number of aryl methyl sites for hydroxylation is 2. The lowest BCUT2D eigenvalue weighted by atomic mass is 9.79. The molecule has 0 aromatic heterocycles. The Bertz CT molecular complexity index is 1290. The van der Waals surface area contributed by atoms with Crippen LogP contribution >= 0.6 is 0 Å². The minimum absolute atomic E-state index is 0.00366. The van der Waals surface area contributed by atoms with Gasteiger partial charge in [0, 0.05) is 36.4 Å². The fraction of sp³-hybridized carbons (Fsp3) is 0.593. The molecule has 1 aromatic carbocycles. The molecule has 2 fully saturated rings. The van der Waals surface area contributed by atoms with E-state index in [1.54, 1.807) is 26.0 Å². The smallest absolute Gasteiger partial charge is 0.312 e. The molecule has 1 saturated carbocycles. The van der Waals surface area contributed by atoms with E-state index in [-0.39, 0.29) is 50.1 Å². The molecular weight excluding hydrogens is 547 g/mol. The minimum atomic E-state index is -4.14. The molecule has 13 heteroatoms. The first kappa shape index (κ1) is 30.2. The Morgan fingerprint density at radius 2 is 1.77 bits per heavy atom. The normalized spacial score (nSPS) is 23.9. The molecule has 0 radical (unpaired) electrons. The lowest BCUT2D eigenvalue weighted by Crippen LogP contribution is -2.50. The van der Waals surface area contributed by atoms with Crippen molar-refractivity contribution in [1.29, 1.82) is 0 Å². The quantitative estimate of drug-likeness (QED) is 0.256. The van der Waals surface area contributed by atoms with Crippen LogP contribution in [0, 0.1) is 25.7 Å². The summed E-state index contributed by atoms with van der Waals surface area (Å²) in [4.78, 5) is 29.5. The van der Waals surface area contributed by atoms with Crippen molar-refractivity contribution in [2.24, 2.45) is 22.7 Å². The molecule has 1 aliphatic carbocycles. The largest absolute Gasteiger partial charge is 0.389 e. The van der Waals surface area contributed by atoms with Gasteiger partial charge in [0.25, 0.3) is 11.8 Å². The molecule has 1 aromatic rings. The molecule has 2 heterocycles. The number of carbonyl (C=O) groups is 2. The molecule has 2 aliphatic heterocycles. The predicted octanol–water partition coefficient (Wildman–Crippen LogP) is 3.72. The highest BCUT2D eigenvalue weighted by atomic mass is 32.2. The monoisotopic (exact) mass is 583 g/mol. The zero-order chi connectivity index (χ0) is 29.3. The highest BCUT2D eigenvalue weighted by molar-refractivity contribution is 7.92. The van der Waals surface area contributed by atoms with Crippen LogP contribution in [0.25, 0.3) is 6.08 Å². The molecule has 9 nitrogen and oxygen atoms in total. The van der Waals surface area contributed by atoms with Crippen molar-refractivity contribution in [3.05, 3.63) is 39.8 Å². The fourth-order valence-electron chi connectivity index (χ4n) is 5.97. The highest BCUT2D eigenvalue weighted by Gasteiger charge is 2.48. The SMILES string of the molecule is Cc1cc(C(=O)NN)cc(C)c1C=CS(=O)(=O)N1CCC2(CC1)N=C(C1CCC(CCC(F)(F)F)CC1)NC2=O. The number of carbonyl (C=O) groups excluding carboxylic acids is 2. The van der Waals surface area contributed by atoms with Crippen molar-refractivity contribution in [1.82, 2.24) is 15.0 Å². The minimum Gasteiger partial charge on any atom is -0.312 e. The van der Waals surface area contributed by atoms with Crippen LogP contribution in [0.4, 0.5) is 13.2 Å². The first-order chi connectivity index (χ1) is 18.7. The van der Waals surface area contributed by atoms with Gasteiger partial charge in [-0.15, -0.1) is 0 Å². The molecule has 4 N–H and O–H groups in total. The standard InChI is InChI=1S/C27H36F3N5O4S/c1-17-15-21(24(36)34-31)16-18(2)22(17)8-14-40(38,39)35-12-10-26(11-13-35)25(37)32-23(33-26)20-5-3-19(4-6-20)7-9-27(28,29)30/h8,14-16,19-20H,3-7,9-13,31H2,1-2H3,(H,34,36)(H,32,33,37). The fourth-order valence-corrected chi connectivity index (χ4v) is 7.14. The second kappa shape index (κ2) is 11.6. The number of benzene rings is 1. The average molecular weight is 584 g/mol. The van der Waals surface area contributed by atoms with Crippen molar-refractivity contribution in [2.75, 3.05) is 13.1 Å². The van der Waals surface area contributed by atoms with Crippen LogP contribution in [-0.4, -0.2) is 55.2 Å². The van der Waals surface area contributed by atoms with Gasteiger partial charge >= 0.3 is 6.18 Å². The van der Waals surface area contributed by atoms with Crippen molar-refractivity contribution < 1.29 is 31.2 Å². The number of amides is 2. The molecule has 3 aliphatic rings. The second-order valence-corrected chi connectivity index (χ2v) is 12.9. The summed E-state index contributed by atoms with van der Waals surface area (Å²) >= 11 is 0. The van der Waals surface area contributed by atoms with Crippen molar-refractivity contribution in [3.8, 4) is 0 Å². The van der Waals surface area contributed by atoms with E-state index >= 15 is 0 Å². The van der Waals surface area contributed by atoms with Gasteiger partial charge in [0.1, 0.15) is 11.4 Å². The molecule has 0 unspecified atom stereocenters. The number of hydrogen-bond acceptors (Lipinski definition) is 6. The molecule has 0 atom stereocenters. The first-order valence-electron chi connectivity index (χ1n) is 13.5. The third-order valence-corrected chi connectivity index (χ3v) is 9.94. The van der Waals surface area contributed by atoms with Gasteiger partial charge in [0.05, 0.1) is 0 Å². The number of halogens is 3. The second-order valence-electron chi connectivity index (χ2n) is 11.1. The van der Waals surface area contributed by atoms with Gasteiger partial charge in [-0.1, -0.05) is 0 Å². The number of sulfonamides is 1. The lowest BCUT2D eigenvalue weighted by Gasteiger charge is -2.34. The van der Waals surface area contributed by atoms with E-state index in [4.69, 9.17) is 10.8 Å². The Morgan fingerprint density at radius 1 is 1.18 bits per heavy atom. The van der Waals surface area contributed by atoms with Gasteiger partial charge in [0.2, 0.25) is 10.0 Å². The van der Waals surface area contributed by atoms with Crippen molar-refractivity contribution in [3.63, 3.8) is 0 Å². The van der Waals surface area contributed by atoms with Crippen molar-refractivity contribution >= 4 is 33.7 Å². The van der Waals surface area contributed by atoms with Gasteiger partial charge in [-0.3, -0.25) is 20.0 Å². The van der Waals surface area contributed by atoms with Gasteiger partial charge in [-0.2, -0.15) is 17.5 Å². The summed E-state index contributed by atoms with van der Waals surface area (Å²) in [6.07, 6.45) is -0.0688. The number of aliphatic imine (C=N–C) groups is 1. The molecule has 40 heavy (non-hydrogen) atoms. The maximum Gasteiger partial charge on any atom is 0.389 e. The summed E-state index contributed by atoms with van der Waals surface area (Å²) in [5.74, 6) is 5.15. The number of amidine groups is 1. The molecule has 1 spiro atoms. The van der Waals surface area contributed by atoms with Crippen LogP contribution in [-0.2, 0) is 14.8 Å². The summed E-state index contributed by atoms with van der Waals surface area (Å²) < 4.78 is 65.2. The number of piperidine rings is 1. The third-order valence-electron chi connectivity index (χ3n) is 8.37. The van der Waals surface area contributed by atoms with E-state index in [0.717, 1.165) is 16.5 Å². The van der Waals surface area contributed by atoms with Crippen LogP contribution in [0.5, 0.6) is 0 Å². The molecule has 2 amide bonds. The molecule has 4 rings (SSSR count). The first-order valence-corrected chi connectivity index (χ1v) is 15.0. The predicted molar refractivity (Wildman–Crippen MR) is 145 cm³/mol. The van der Waals surface area contributed by atoms with E-state index in [9.17, 15) is 31.2 Å². The lowest BCUT2D eigenvalue weighted by molar-refractivity contribution is -0.138. The number of hydrazine groups is 1. The summed E-state index contributed by atoms with van der Waals surface area (Å²) in [7, 11) is -3.77. The van der Waals surface area contributed by atoms with Crippen LogP contribution in [0.3, 0.4) is 0 Å². The van der Waals surface area contributed by atoms with Gasteiger partial charge in [0.15, 0.2) is 0 Å². The zero-order valence-electron chi connectivity index (χ0n) is 22.7. The van der Waals surface area contributed by atoms with Gasteiger partial charge < -0.3 is 5.32 Å². The Labute approximate surface area is 232 Å². The summed E-state index contributed by atoms with van der Waals surface area (Å²) in [6, 6.07) is 3.27. The molecular formula is C27H36F3N5O4S. The Kier molecular flexibility index (Phi) is 8.77. The van der Waals surface area contributed by atoms with Crippen molar-refractivity contribution in [2.45, 2.75) is 76.9 Å². The van der Waals surface area contributed by atoms with E-state index in [0.29, 0.717) is 42.6 Å². The summed E-state index contributed by atoms with van der Waals surface area (Å²) in [6.45, 7) is 3.82. The number of rotatable bonds is 7. The number of nitrogen functional groups attached to an aromatic ring is 1. The van der Waals surface area contributed by atoms with Gasteiger partial charge in [-0.25, -0.2) is 14.3 Å². The number of hydrogen-bond donors (Lipinski definition) is 3. The number of nitrogens with zero attached hydrogens (tertiary/aromatic N) is 2. The maximum absolute atomic E-state index is 13.1. The summed E-state index contributed by atoms with van der Waals surface area (Å²) in [5, 5.41) is 4.04. The average Bonchev–Trinajstić information content (AvgIpc) is 3.21.